The minimum absolute atomic E-state index is 0.0248. The van der Waals surface area contributed by atoms with Crippen LogP contribution in [0.2, 0.25) is 0 Å². The fourth-order valence-corrected chi connectivity index (χ4v) is 4.44. The second kappa shape index (κ2) is 8.16. The molecular formula is C22H28N10. The van der Waals surface area contributed by atoms with E-state index in [0.717, 1.165) is 24.2 Å². The average Bonchev–Trinajstić information content (AvgIpc) is 3.27. The summed E-state index contributed by atoms with van der Waals surface area (Å²) in [7, 11) is 2.17. The van der Waals surface area contributed by atoms with Crippen molar-refractivity contribution in [3.8, 4) is 11.8 Å². The van der Waals surface area contributed by atoms with Crippen molar-refractivity contribution in [2.24, 2.45) is 0 Å². The summed E-state index contributed by atoms with van der Waals surface area (Å²) >= 11 is 0. The van der Waals surface area contributed by atoms with Gasteiger partial charge in [0, 0.05) is 22.8 Å². The Hall–Kier alpha value is -3.58. The molecule has 1 fully saturated rings. The molecule has 3 heterocycles. The molecule has 0 aliphatic carbocycles. The van der Waals surface area contributed by atoms with Crippen LogP contribution in [0, 0.1) is 11.3 Å². The normalized spacial score (nSPS) is 18.1. The highest BCUT2D eigenvalue weighted by atomic mass is 15.5. The largest absolute Gasteiger partial charge is 0.366 e. The topological polar surface area (TPSA) is 120 Å². The zero-order chi connectivity index (χ0) is 22.9. The highest BCUT2D eigenvalue weighted by molar-refractivity contribution is 5.60. The molecule has 0 radical (unpaired) electrons. The van der Waals surface area contributed by atoms with Crippen LogP contribution >= 0.6 is 0 Å². The summed E-state index contributed by atoms with van der Waals surface area (Å²) in [5.41, 5.74) is 2.07. The van der Waals surface area contributed by atoms with Gasteiger partial charge in [0.1, 0.15) is 23.8 Å². The third-order valence-electron chi connectivity index (χ3n) is 6.27. The quantitative estimate of drug-likeness (QED) is 0.626. The van der Waals surface area contributed by atoms with E-state index in [9.17, 15) is 5.26 Å². The third kappa shape index (κ3) is 4.38. The van der Waals surface area contributed by atoms with Crippen molar-refractivity contribution in [1.82, 2.24) is 35.1 Å². The molecule has 1 aromatic carbocycles. The fourth-order valence-electron chi connectivity index (χ4n) is 4.44. The van der Waals surface area contributed by atoms with Crippen LogP contribution < -0.4 is 10.6 Å². The summed E-state index contributed by atoms with van der Waals surface area (Å²) in [6, 6.07) is 9.99. The van der Waals surface area contributed by atoms with Crippen LogP contribution in [-0.2, 0) is 0 Å². The van der Waals surface area contributed by atoms with Gasteiger partial charge in [-0.3, -0.25) is 4.90 Å². The lowest BCUT2D eigenvalue weighted by Crippen LogP contribution is -2.61. The van der Waals surface area contributed by atoms with E-state index in [-0.39, 0.29) is 17.1 Å². The Morgan fingerprint density at radius 1 is 1.16 bits per heavy atom. The molecule has 10 heteroatoms. The summed E-state index contributed by atoms with van der Waals surface area (Å²) in [5, 5.41) is 27.6. The number of tetrazole rings is 1. The SMILES string of the molecule is CN1C(C)(C)CC(Nc2nc(Nc3cccc(-n4cnnn4)c3)ncc2C#N)CC1(C)C. The van der Waals surface area contributed by atoms with E-state index in [1.807, 2.05) is 24.3 Å². The summed E-state index contributed by atoms with van der Waals surface area (Å²) in [5.74, 6) is 0.953. The number of likely N-dealkylation sites (tertiary alicyclic amines) is 1. The lowest BCUT2D eigenvalue weighted by molar-refractivity contribution is -0.00772. The third-order valence-corrected chi connectivity index (χ3v) is 6.27. The van der Waals surface area contributed by atoms with Crippen molar-refractivity contribution in [1.29, 1.82) is 5.26 Å². The van der Waals surface area contributed by atoms with Crippen molar-refractivity contribution in [3.05, 3.63) is 42.4 Å². The highest BCUT2D eigenvalue weighted by Crippen LogP contribution is 2.38. The molecule has 2 N–H and O–H groups in total. The summed E-state index contributed by atoms with van der Waals surface area (Å²) < 4.78 is 1.57. The monoisotopic (exact) mass is 432 g/mol. The second-order valence-electron chi connectivity index (χ2n) is 9.43. The Bertz CT molecular complexity index is 1110. The first-order chi connectivity index (χ1) is 15.2. The van der Waals surface area contributed by atoms with Crippen LogP contribution in [-0.4, -0.2) is 59.2 Å². The number of hydrogen-bond donors (Lipinski definition) is 2. The molecule has 10 nitrogen and oxygen atoms in total. The molecule has 0 unspecified atom stereocenters. The van der Waals surface area contributed by atoms with Gasteiger partial charge in [-0.2, -0.15) is 10.2 Å². The van der Waals surface area contributed by atoms with Crippen LogP contribution in [0.25, 0.3) is 5.69 Å². The van der Waals surface area contributed by atoms with Crippen LogP contribution in [0.5, 0.6) is 0 Å². The number of aromatic nitrogens is 6. The van der Waals surface area contributed by atoms with Crippen molar-refractivity contribution >= 4 is 17.5 Å². The minimum Gasteiger partial charge on any atom is -0.366 e. The first-order valence-electron chi connectivity index (χ1n) is 10.6. The van der Waals surface area contributed by atoms with Crippen LogP contribution in [0.15, 0.2) is 36.8 Å². The number of rotatable bonds is 5. The maximum absolute atomic E-state index is 9.60. The standard InChI is InChI=1S/C22H28N10/c1-21(2)10-17(11-22(3,4)31(21)5)26-19-15(12-23)13-24-20(28-19)27-16-7-6-8-18(9-16)32-14-25-29-30-32/h6-9,13-14,17H,10-11H2,1-5H3,(H2,24,26,27,28). The zero-order valence-corrected chi connectivity index (χ0v) is 19.0. The molecule has 1 aliphatic heterocycles. The Balaban J connectivity index is 1.56. The van der Waals surface area contributed by atoms with E-state index in [1.165, 1.54) is 6.33 Å². The summed E-state index contributed by atoms with van der Waals surface area (Å²) in [6.07, 6.45) is 4.97. The van der Waals surface area contributed by atoms with Crippen molar-refractivity contribution in [3.63, 3.8) is 0 Å². The van der Waals surface area contributed by atoms with Gasteiger partial charge in [0.25, 0.3) is 0 Å². The molecule has 0 saturated carbocycles. The first-order valence-corrected chi connectivity index (χ1v) is 10.6. The smallest absolute Gasteiger partial charge is 0.229 e. The van der Waals surface area contributed by atoms with Crippen LogP contribution in [0.3, 0.4) is 0 Å². The number of nitrogens with zero attached hydrogens (tertiary/aromatic N) is 8. The fraction of sp³-hybridized carbons (Fsp3) is 0.455. The van der Waals surface area contributed by atoms with Crippen molar-refractivity contribution < 1.29 is 0 Å². The molecule has 1 aliphatic rings. The first kappa shape index (κ1) is 21.6. The van der Waals surface area contributed by atoms with E-state index in [1.54, 1.807) is 10.9 Å². The van der Waals surface area contributed by atoms with Crippen LogP contribution in [0.1, 0.15) is 46.1 Å². The number of nitrogens with one attached hydrogen (secondary N) is 2. The van der Waals surface area contributed by atoms with Gasteiger partial charge in [-0.15, -0.1) is 5.10 Å². The van der Waals surface area contributed by atoms with Gasteiger partial charge >= 0.3 is 0 Å². The average molecular weight is 433 g/mol. The molecule has 0 bridgehead atoms. The molecule has 4 rings (SSSR count). The van der Waals surface area contributed by atoms with Gasteiger partial charge in [-0.25, -0.2) is 9.67 Å². The number of benzene rings is 1. The predicted molar refractivity (Wildman–Crippen MR) is 122 cm³/mol. The number of nitriles is 1. The highest BCUT2D eigenvalue weighted by Gasteiger charge is 2.43. The number of hydrogen-bond acceptors (Lipinski definition) is 9. The van der Waals surface area contributed by atoms with E-state index in [0.29, 0.717) is 17.3 Å². The Kier molecular flexibility index (Phi) is 5.52. The second-order valence-corrected chi connectivity index (χ2v) is 9.43. The van der Waals surface area contributed by atoms with Crippen molar-refractivity contribution in [2.45, 2.75) is 57.7 Å². The lowest BCUT2D eigenvalue weighted by atomic mass is 9.77. The molecule has 0 amide bonds. The molecule has 1 saturated heterocycles. The zero-order valence-electron chi connectivity index (χ0n) is 19.0. The molecule has 0 atom stereocenters. The Morgan fingerprint density at radius 3 is 2.56 bits per heavy atom. The van der Waals surface area contributed by atoms with Gasteiger partial charge in [0.15, 0.2) is 0 Å². The molecule has 0 spiro atoms. The Morgan fingerprint density at radius 2 is 1.91 bits per heavy atom. The van der Waals surface area contributed by atoms with Gasteiger partial charge in [-0.05, 0) is 76.2 Å². The summed E-state index contributed by atoms with van der Waals surface area (Å²) in [6.45, 7) is 8.99. The summed E-state index contributed by atoms with van der Waals surface area (Å²) in [4.78, 5) is 11.4. The van der Waals surface area contributed by atoms with E-state index < -0.39 is 0 Å². The molecule has 2 aromatic heterocycles. The molecular weight excluding hydrogens is 404 g/mol. The van der Waals surface area contributed by atoms with Gasteiger partial charge < -0.3 is 10.6 Å². The minimum atomic E-state index is 0.0248. The molecule has 3 aromatic rings. The van der Waals surface area contributed by atoms with E-state index in [4.69, 9.17) is 0 Å². The van der Waals surface area contributed by atoms with Gasteiger partial charge in [0.2, 0.25) is 5.95 Å². The van der Waals surface area contributed by atoms with E-state index >= 15 is 0 Å². The maximum atomic E-state index is 9.60. The molecule has 32 heavy (non-hydrogen) atoms. The van der Waals surface area contributed by atoms with Gasteiger partial charge in [-0.1, -0.05) is 6.07 Å². The maximum Gasteiger partial charge on any atom is 0.229 e. The number of piperidine rings is 1. The predicted octanol–water partition coefficient (Wildman–Crippen LogP) is 3.13. The van der Waals surface area contributed by atoms with E-state index in [2.05, 4.69) is 81.8 Å². The lowest BCUT2D eigenvalue weighted by Gasteiger charge is -2.53. The Labute approximate surface area is 187 Å². The van der Waals surface area contributed by atoms with Crippen LogP contribution in [0.4, 0.5) is 17.5 Å². The molecule has 166 valence electrons. The number of anilines is 3. The van der Waals surface area contributed by atoms with Gasteiger partial charge in [0.05, 0.1) is 11.9 Å². The van der Waals surface area contributed by atoms with Crippen molar-refractivity contribution in [2.75, 3.05) is 17.7 Å².